The Kier molecular flexibility index (Phi) is 6.87. The summed E-state index contributed by atoms with van der Waals surface area (Å²) in [5.41, 5.74) is 0.973. The third kappa shape index (κ3) is 5.52. The number of anilines is 1. The number of nitrogens with zero attached hydrogens (tertiary/aromatic N) is 1. The van der Waals surface area contributed by atoms with Gasteiger partial charge in [0.15, 0.2) is 5.78 Å². The van der Waals surface area contributed by atoms with E-state index in [2.05, 4.69) is 5.32 Å². The van der Waals surface area contributed by atoms with Gasteiger partial charge in [-0.25, -0.2) is 0 Å². The molecule has 2 aromatic carbocycles. The Morgan fingerprint density at radius 2 is 1.92 bits per heavy atom. The quantitative estimate of drug-likeness (QED) is 0.437. The highest BCUT2D eigenvalue weighted by molar-refractivity contribution is 8.03. The van der Waals surface area contributed by atoms with E-state index in [4.69, 9.17) is 21.6 Å². The fourth-order valence-electron chi connectivity index (χ4n) is 2.14. The summed E-state index contributed by atoms with van der Waals surface area (Å²) in [6, 6.07) is 11.7. The summed E-state index contributed by atoms with van der Waals surface area (Å²) in [6.45, 7) is 0. The maximum Gasteiger partial charge on any atom is 0.224 e. The van der Waals surface area contributed by atoms with E-state index in [9.17, 15) is 9.59 Å². The molecule has 5 nitrogen and oxygen atoms in total. The Bertz CT molecular complexity index is 816. The predicted octanol–water partition coefficient (Wildman–Crippen LogP) is 4.52. The molecule has 0 heterocycles. The normalized spacial score (nSPS) is 9.96. The summed E-state index contributed by atoms with van der Waals surface area (Å²) in [7, 11) is 1.47. The molecular formula is C18H15ClN2O3S. The zero-order chi connectivity index (χ0) is 18.2. The van der Waals surface area contributed by atoms with Gasteiger partial charge in [0.05, 0.1) is 12.7 Å². The predicted molar refractivity (Wildman–Crippen MR) is 98.1 cm³/mol. The van der Waals surface area contributed by atoms with Crippen LogP contribution in [0.25, 0.3) is 0 Å². The molecule has 0 fully saturated rings. The number of rotatable bonds is 7. The number of ketones is 1. The van der Waals surface area contributed by atoms with Crippen molar-refractivity contribution in [2.75, 3.05) is 12.4 Å². The van der Waals surface area contributed by atoms with Crippen molar-refractivity contribution in [2.24, 2.45) is 0 Å². The number of thiocyanates is 1. The van der Waals surface area contributed by atoms with Crippen LogP contribution in [0.15, 0.2) is 47.4 Å². The summed E-state index contributed by atoms with van der Waals surface area (Å²) in [6.07, 6.45) is 0.0914. The molecule has 25 heavy (non-hydrogen) atoms. The van der Waals surface area contributed by atoms with Crippen LogP contribution >= 0.6 is 23.4 Å². The van der Waals surface area contributed by atoms with Crippen LogP contribution in [0.1, 0.15) is 23.2 Å². The molecule has 0 aliphatic rings. The van der Waals surface area contributed by atoms with Gasteiger partial charge in [-0.15, -0.1) is 0 Å². The van der Waals surface area contributed by atoms with Crippen LogP contribution in [0.2, 0.25) is 5.02 Å². The molecule has 0 aromatic heterocycles. The van der Waals surface area contributed by atoms with Crippen LogP contribution in [0.5, 0.6) is 5.75 Å². The van der Waals surface area contributed by atoms with E-state index in [1.165, 1.54) is 13.2 Å². The van der Waals surface area contributed by atoms with Gasteiger partial charge in [0.1, 0.15) is 11.2 Å². The van der Waals surface area contributed by atoms with E-state index in [-0.39, 0.29) is 24.5 Å². The highest BCUT2D eigenvalue weighted by Crippen LogP contribution is 2.24. The largest absolute Gasteiger partial charge is 0.496 e. The molecule has 0 atom stereocenters. The van der Waals surface area contributed by atoms with Gasteiger partial charge in [-0.3, -0.25) is 9.59 Å². The monoisotopic (exact) mass is 374 g/mol. The maximum atomic E-state index is 12.3. The summed E-state index contributed by atoms with van der Waals surface area (Å²) in [4.78, 5) is 25.1. The number of ether oxygens (including phenoxy) is 1. The lowest BCUT2D eigenvalue weighted by atomic mass is 10.1. The van der Waals surface area contributed by atoms with E-state index in [1.54, 1.807) is 36.4 Å². The lowest BCUT2D eigenvalue weighted by Gasteiger charge is -2.08. The number of nitriles is 1. The summed E-state index contributed by atoms with van der Waals surface area (Å²) in [5.74, 6) is -0.0503. The van der Waals surface area contributed by atoms with Crippen LogP contribution in [-0.2, 0) is 4.79 Å². The second-order valence-electron chi connectivity index (χ2n) is 5.03. The molecule has 0 saturated heterocycles. The molecule has 0 spiro atoms. The molecule has 0 aliphatic carbocycles. The Balaban J connectivity index is 1.92. The average molecular weight is 375 g/mol. The number of methoxy groups -OCH3 is 1. The van der Waals surface area contributed by atoms with Crippen LogP contribution in [0, 0.1) is 10.7 Å². The number of nitrogens with one attached hydrogen (secondary N) is 1. The highest BCUT2D eigenvalue weighted by atomic mass is 35.5. The minimum absolute atomic E-state index is 0.0448. The van der Waals surface area contributed by atoms with Crippen molar-refractivity contribution in [3.8, 4) is 11.2 Å². The van der Waals surface area contributed by atoms with Crippen molar-refractivity contribution in [2.45, 2.75) is 17.7 Å². The minimum Gasteiger partial charge on any atom is -0.496 e. The Hall–Kier alpha value is -2.49. The van der Waals surface area contributed by atoms with Crippen molar-refractivity contribution < 1.29 is 14.3 Å². The van der Waals surface area contributed by atoms with Gasteiger partial charge in [-0.05, 0) is 54.2 Å². The molecule has 1 N–H and O–H groups in total. The van der Waals surface area contributed by atoms with E-state index in [0.29, 0.717) is 22.0 Å². The van der Waals surface area contributed by atoms with Gasteiger partial charge in [-0.2, -0.15) is 5.26 Å². The first-order valence-corrected chi connectivity index (χ1v) is 8.55. The molecule has 2 rings (SSSR count). The number of amides is 1. The fourth-order valence-corrected chi connectivity index (χ4v) is 2.69. The first kappa shape index (κ1) is 18.8. The minimum atomic E-state index is -0.268. The van der Waals surface area contributed by atoms with Crippen LogP contribution in [0.4, 0.5) is 5.69 Å². The van der Waals surface area contributed by atoms with Crippen LogP contribution in [0.3, 0.4) is 0 Å². The molecule has 0 saturated carbocycles. The second-order valence-corrected chi connectivity index (χ2v) is 6.33. The smallest absolute Gasteiger partial charge is 0.224 e. The van der Waals surface area contributed by atoms with Crippen molar-refractivity contribution >= 4 is 40.7 Å². The molecule has 2 aromatic rings. The van der Waals surface area contributed by atoms with E-state index in [1.807, 2.05) is 5.40 Å². The van der Waals surface area contributed by atoms with Gasteiger partial charge in [0.25, 0.3) is 0 Å². The number of halogens is 1. The summed E-state index contributed by atoms with van der Waals surface area (Å²) < 4.78 is 5.15. The van der Waals surface area contributed by atoms with Gasteiger partial charge >= 0.3 is 0 Å². The summed E-state index contributed by atoms with van der Waals surface area (Å²) >= 11 is 6.96. The van der Waals surface area contributed by atoms with Crippen LogP contribution in [-0.4, -0.2) is 18.8 Å². The number of carbonyl (C=O) groups excluding carboxylic acids is 2. The van der Waals surface area contributed by atoms with E-state index < -0.39 is 0 Å². The SMILES string of the molecule is COc1ccc(Cl)cc1C(=O)CCC(=O)Nc1ccc(SC#N)cc1. The van der Waals surface area contributed by atoms with Gasteiger partial charge < -0.3 is 10.1 Å². The first-order valence-electron chi connectivity index (χ1n) is 7.36. The topological polar surface area (TPSA) is 79.2 Å². The van der Waals surface area contributed by atoms with Crippen molar-refractivity contribution in [1.29, 1.82) is 5.26 Å². The Labute approximate surface area is 154 Å². The Morgan fingerprint density at radius 1 is 1.20 bits per heavy atom. The fraction of sp³-hybridized carbons (Fsp3) is 0.167. The van der Waals surface area contributed by atoms with Gasteiger partial charge in [0.2, 0.25) is 5.91 Å². The maximum absolute atomic E-state index is 12.3. The molecule has 7 heteroatoms. The number of thioether (sulfide) groups is 1. The van der Waals surface area contributed by atoms with E-state index in [0.717, 1.165) is 16.7 Å². The van der Waals surface area contributed by atoms with Crippen molar-refractivity contribution in [3.63, 3.8) is 0 Å². The molecule has 0 unspecified atom stereocenters. The molecule has 0 radical (unpaired) electrons. The first-order chi connectivity index (χ1) is 12.0. The third-order valence-electron chi connectivity index (χ3n) is 3.34. The highest BCUT2D eigenvalue weighted by Gasteiger charge is 2.14. The van der Waals surface area contributed by atoms with Crippen molar-refractivity contribution in [3.05, 3.63) is 53.1 Å². The van der Waals surface area contributed by atoms with Crippen LogP contribution < -0.4 is 10.1 Å². The lowest BCUT2D eigenvalue weighted by Crippen LogP contribution is -2.13. The molecule has 0 aliphatic heterocycles. The standard InChI is InChI=1S/C18H15ClN2O3S/c1-24-17-8-2-12(19)10-15(17)16(22)7-9-18(23)21-13-3-5-14(6-4-13)25-11-20/h2-6,8,10H,7,9H2,1H3,(H,21,23). The number of Topliss-reactive ketones (excluding diaryl/α,β-unsaturated/α-hetero) is 1. The van der Waals surface area contributed by atoms with E-state index >= 15 is 0 Å². The number of hydrogen-bond donors (Lipinski definition) is 1. The third-order valence-corrected chi connectivity index (χ3v) is 4.18. The number of hydrogen-bond acceptors (Lipinski definition) is 5. The zero-order valence-corrected chi connectivity index (χ0v) is 15.0. The average Bonchev–Trinajstić information content (AvgIpc) is 2.61. The summed E-state index contributed by atoms with van der Waals surface area (Å²) in [5, 5.41) is 13.7. The lowest BCUT2D eigenvalue weighted by molar-refractivity contribution is -0.116. The Morgan fingerprint density at radius 3 is 2.56 bits per heavy atom. The van der Waals surface area contributed by atoms with Gasteiger partial charge in [-0.1, -0.05) is 11.6 Å². The zero-order valence-electron chi connectivity index (χ0n) is 13.4. The second kappa shape index (κ2) is 9.11. The molecule has 1 amide bonds. The van der Waals surface area contributed by atoms with Gasteiger partial charge in [0, 0.05) is 28.4 Å². The molecule has 0 bridgehead atoms. The van der Waals surface area contributed by atoms with Crippen molar-refractivity contribution in [1.82, 2.24) is 0 Å². The molecular weight excluding hydrogens is 360 g/mol. The number of benzene rings is 2. The molecule has 128 valence electrons. The number of carbonyl (C=O) groups is 2.